The largest absolute Gasteiger partial charge is 0.462 e. The molecule has 0 saturated carbocycles. The van der Waals surface area contributed by atoms with Gasteiger partial charge in [-0.1, -0.05) is 34.6 Å². The Morgan fingerprint density at radius 3 is 1.91 bits per heavy atom. The predicted molar refractivity (Wildman–Crippen MR) is 229 cm³/mol. The van der Waals surface area contributed by atoms with Crippen molar-refractivity contribution in [3.05, 3.63) is 0 Å². The number of esters is 1. The number of aliphatic hydroxyl groups is 2. The molecular formula is C43H83NO12Si2. The number of cyclic esters (lactones) is 1. The lowest BCUT2D eigenvalue weighted by Gasteiger charge is -2.51. The molecular weight excluding hydrogens is 779 g/mol. The number of hydrogen-bond donors (Lipinski definition) is 2. The normalized spacial score (nSPS) is 44.5. The highest BCUT2D eigenvalue weighted by atomic mass is 28.4. The number of aliphatic hydroxyl groups excluding tert-OH is 1. The van der Waals surface area contributed by atoms with Crippen molar-refractivity contribution in [3.8, 4) is 0 Å². The number of nitrogens with zero attached hydrogens (tertiary/aromatic N) is 1. The number of rotatable bonds is 11. The highest BCUT2D eigenvalue weighted by Crippen LogP contribution is 2.42. The molecule has 18 atom stereocenters. The van der Waals surface area contributed by atoms with E-state index < -0.39 is 113 Å². The number of ketones is 1. The maximum Gasteiger partial charge on any atom is 0.311 e. The zero-order chi connectivity index (χ0) is 44.5. The van der Waals surface area contributed by atoms with Gasteiger partial charge in [-0.25, -0.2) is 0 Å². The minimum absolute atomic E-state index is 0.0163. The quantitative estimate of drug-likeness (QED) is 0.175. The fourth-order valence-corrected chi connectivity index (χ4v) is 11.8. The van der Waals surface area contributed by atoms with Crippen molar-refractivity contribution in [2.24, 2.45) is 29.6 Å². The first-order valence-corrected chi connectivity index (χ1v) is 28.6. The van der Waals surface area contributed by atoms with Crippen LogP contribution in [0, 0.1) is 29.6 Å². The lowest BCUT2D eigenvalue weighted by atomic mass is 9.74. The van der Waals surface area contributed by atoms with Crippen LogP contribution in [0.3, 0.4) is 0 Å². The SMILES string of the molecule is CCC1OC(=O)[C@H](C)C(O[C@H]2C[C@@](C)(OC)[C@@H](O[Si](C)(C)C)[C@H](C)O2)[C@H](C)[C@@H](O[C@@H]2O[C@H](C)C[C@H](N(C)C)[C@H]2O[Si](C)(C)C)[C@](C)(O)C[C@@H](C)C(=O)[C@H](C)[C@@H](O)[C@H]1C. The van der Waals surface area contributed by atoms with Gasteiger partial charge in [-0.15, -0.1) is 0 Å². The summed E-state index contributed by atoms with van der Waals surface area (Å²) in [6.07, 6.45) is -5.43. The van der Waals surface area contributed by atoms with Crippen molar-refractivity contribution in [1.29, 1.82) is 0 Å². The van der Waals surface area contributed by atoms with Crippen molar-refractivity contribution in [2.75, 3.05) is 21.2 Å². The summed E-state index contributed by atoms with van der Waals surface area (Å²) < 4.78 is 53.1. The average Bonchev–Trinajstić information content (AvgIpc) is 3.10. The molecule has 13 nitrogen and oxygen atoms in total. The van der Waals surface area contributed by atoms with E-state index >= 15 is 0 Å². The molecule has 0 spiro atoms. The number of carbonyl (C=O) groups excluding carboxylic acids is 2. The molecule has 3 aliphatic rings. The molecule has 2 unspecified atom stereocenters. The minimum Gasteiger partial charge on any atom is -0.462 e. The van der Waals surface area contributed by atoms with Crippen molar-refractivity contribution >= 4 is 28.4 Å². The summed E-state index contributed by atoms with van der Waals surface area (Å²) in [7, 11) is 1.51. The summed E-state index contributed by atoms with van der Waals surface area (Å²) in [6, 6.07) is -0.0498. The van der Waals surface area contributed by atoms with Crippen LogP contribution in [0.5, 0.6) is 0 Å². The Balaban J connectivity index is 2.23. The Bertz CT molecular complexity index is 1340. The van der Waals surface area contributed by atoms with Crippen LogP contribution in [0.25, 0.3) is 0 Å². The third kappa shape index (κ3) is 12.9. The average molecular weight is 862 g/mol. The number of likely N-dealkylation sites (N-methyl/N-ethyl adjacent to an activating group) is 1. The van der Waals surface area contributed by atoms with Crippen LogP contribution < -0.4 is 0 Å². The van der Waals surface area contributed by atoms with E-state index in [9.17, 15) is 19.8 Å². The Labute approximate surface area is 353 Å². The van der Waals surface area contributed by atoms with Crippen molar-refractivity contribution in [3.63, 3.8) is 0 Å². The maximum atomic E-state index is 14.4. The fourth-order valence-electron chi connectivity index (χ4n) is 9.47. The summed E-state index contributed by atoms with van der Waals surface area (Å²) in [5.41, 5.74) is -2.44. The summed E-state index contributed by atoms with van der Waals surface area (Å²) in [6.45, 7) is 31.2. The standard InChI is InChI=1S/C43H83NO12Si2/c1-20-32-26(4)35(46)27(5)34(45)24(2)22-42(9,48)38(54-41-37(55-57(14,15)16)31(44(11)12)21-25(3)50-41)28(6)36(29(7)40(47)52-32)53-33-23-43(10,49-13)39(30(8)51-33)56-58(17,18)19/h24-33,35-39,41,46,48H,20-23H2,1-19H3/t24-,25-,26+,27+,28+,29-,30+,31+,32?,33+,35+,36?,37-,38-,39+,41+,42-,43-/m1/s1. The molecule has 0 aromatic rings. The first-order valence-electron chi connectivity index (χ1n) is 21.8. The fraction of sp³-hybridized carbons (Fsp3) is 0.953. The molecule has 0 bridgehead atoms. The molecule has 0 aromatic carbocycles. The van der Waals surface area contributed by atoms with E-state index in [0.29, 0.717) is 19.3 Å². The van der Waals surface area contributed by atoms with Crippen LogP contribution in [0.2, 0.25) is 39.3 Å². The molecule has 2 N–H and O–H groups in total. The Morgan fingerprint density at radius 1 is 0.810 bits per heavy atom. The van der Waals surface area contributed by atoms with E-state index in [1.54, 1.807) is 41.7 Å². The molecule has 0 radical (unpaired) electrons. The molecule has 3 aliphatic heterocycles. The van der Waals surface area contributed by atoms with Crippen LogP contribution >= 0.6 is 0 Å². The topological polar surface area (TPSA) is 152 Å². The van der Waals surface area contributed by atoms with Gasteiger partial charge in [-0.05, 0) is 107 Å². The lowest BCUT2D eigenvalue weighted by Crippen LogP contribution is -2.62. The van der Waals surface area contributed by atoms with Gasteiger partial charge in [0.05, 0.1) is 53.7 Å². The van der Waals surface area contributed by atoms with Gasteiger partial charge in [0, 0.05) is 43.2 Å². The highest BCUT2D eigenvalue weighted by molar-refractivity contribution is 6.70. The Kier molecular flexibility index (Phi) is 17.9. The second kappa shape index (κ2) is 20.1. The molecule has 3 saturated heterocycles. The summed E-state index contributed by atoms with van der Waals surface area (Å²) in [5.74, 6) is -4.26. The second-order valence-electron chi connectivity index (χ2n) is 20.6. The second-order valence-corrected chi connectivity index (χ2v) is 29.5. The van der Waals surface area contributed by atoms with E-state index in [1.165, 1.54) is 0 Å². The van der Waals surface area contributed by atoms with Gasteiger partial charge >= 0.3 is 5.97 Å². The third-order valence-electron chi connectivity index (χ3n) is 12.7. The number of Topliss-reactive ketones (excluding diaryl/α,β-unsaturated/α-hetero) is 1. The molecule has 340 valence electrons. The smallest absolute Gasteiger partial charge is 0.311 e. The zero-order valence-corrected chi connectivity index (χ0v) is 41.5. The number of carbonyl (C=O) groups is 2. The van der Waals surface area contributed by atoms with Gasteiger partial charge in [0.15, 0.2) is 29.2 Å². The van der Waals surface area contributed by atoms with Crippen LogP contribution in [0.15, 0.2) is 0 Å². The van der Waals surface area contributed by atoms with E-state index in [4.69, 9.17) is 37.3 Å². The first kappa shape index (κ1) is 51.5. The van der Waals surface area contributed by atoms with E-state index in [1.807, 2.05) is 48.7 Å². The molecule has 0 aliphatic carbocycles. The summed E-state index contributed by atoms with van der Waals surface area (Å²) in [4.78, 5) is 30.6. The summed E-state index contributed by atoms with van der Waals surface area (Å²) >= 11 is 0. The van der Waals surface area contributed by atoms with Gasteiger partial charge < -0.3 is 52.4 Å². The van der Waals surface area contributed by atoms with Crippen molar-refractivity contribution in [1.82, 2.24) is 4.90 Å². The van der Waals surface area contributed by atoms with Gasteiger partial charge in [-0.2, -0.15) is 0 Å². The number of hydrogen-bond acceptors (Lipinski definition) is 13. The Morgan fingerprint density at radius 2 is 1.40 bits per heavy atom. The third-order valence-corrected chi connectivity index (χ3v) is 14.6. The molecule has 58 heavy (non-hydrogen) atoms. The van der Waals surface area contributed by atoms with Gasteiger partial charge in [0.2, 0.25) is 0 Å². The molecule has 0 aromatic heterocycles. The monoisotopic (exact) mass is 862 g/mol. The van der Waals surface area contributed by atoms with Gasteiger partial charge in [0.1, 0.15) is 18.0 Å². The minimum atomic E-state index is -2.17. The highest BCUT2D eigenvalue weighted by Gasteiger charge is 2.53. The Hall–Kier alpha value is -0.826. The van der Waals surface area contributed by atoms with Crippen molar-refractivity contribution < 1.29 is 57.1 Å². The molecule has 3 heterocycles. The van der Waals surface area contributed by atoms with Crippen LogP contribution in [0.4, 0.5) is 0 Å². The number of methoxy groups -OCH3 is 1. The molecule has 3 fully saturated rings. The molecule has 3 rings (SSSR count). The maximum absolute atomic E-state index is 14.4. The molecule has 15 heteroatoms. The predicted octanol–water partition coefficient (Wildman–Crippen LogP) is 6.39. The van der Waals surface area contributed by atoms with E-state index in [2.05, 4.69) is 44.2 Å². The van der Waals surface area contributed by atoms with Crippen LogP contribution in [-0.4, -0.2) is 143 Å². The van der Waals surface area contributed by atoms with E-state index in [0.717, 1.165) is 0 Å². The van der Waals surface area contributed by atoms with Gasteiger partial charge in [0.25, 0.3) is 0 Å². The first-order chi connectivity index (χ1) is 26.5. The van der Waals surface area contributed by atoms with Crippen molar-refractivity contribution in [2.45, 2.75) is 213 Å². The van der Waals surface area contributed by atoms with E-state index in [-0.39, 0.29) is 30.5 Å². The van der Waals surface area contributed by atoms with Crippen LogP contribution in [-0.2, 0) is 46.9 Å². The number of ether oxygens (including phenoxy) is 6. The summed E-state index contributed by atoms with van der Waals surface area (Å²) in [5, 5.41) is 24.3. The van der Waals surface area contributed by atoms with Gasteiger partial charge in [-0.3, -0.25) is 9.59 Å². The zero-order valence-electron chi connectivity index (χ0n) is 39.5. The lowest BCUT2D eigenvalue weighted by molar-refractivity contribution is -0.315. The molecule has 0 amide bonds. The van der Waals surface area contributed by atoms with Crippen LogP contribution in [0.1, 0.15) is 94.9 Å².